The SMILES string of the molecule is Cc1cc([N+](=O)[O-])ccc1C(=O)NCC(N)=O. The van der Waals surface area contributed by atoms with E-state index < -0.39 is 16.7 Å². The van der Waals surface area contributed by atoms with Crippen LogP contribution in [0.15, 0.2) is 18.2 Å². The van der Waals surface area contributed by atoms with Gasteiger partial charge in [-0.2, -0.15) is 0 Å². The summed E-state index contributed by atoms with van der Waals surface area (Å²) >= 11 is 0. The first kappa shape index (κ1) is 12.6. The second kappa shape index (κ2) is 5.06. The Hall–Kier alpha value is -2.44. The van der Waals surface area contributed by atoms with Crippen LogP contribution in [0.4, 0.5) is 5.69 Å². The van der Waals surface area contributed by atoms with E-state index in [1.165, 1.54) is 18.2 Å². The number of carbonyl (C=O) groups is 2. The third kappa shape index (κ3) is 3.26. The zero-order valence-electron chi connectivity index (χ0n) is 9.10. The van der Waals surface area contributed by atoms with Crippen LogP contribution in [0.25, 0.3) is 0 Å². The van der Waals surface area contributed by atoms with Crippen molar-refractivity contribution in [2.75, 3.05) is 6.54 Å². The first-order chi connectivity index (χ1) is 7.91. The molecule has 0 spiro atoms. The minimum Gasteiger partial charge on any atom is -0.368 e. The molecule has 0 unspecified atom stereocenters. The van der Waals surface area contributed by atoms with Crippen LogP contribution in [0.2, 0.25) is 0 Å². The number of nitro benzene ring substituents is 1. The lowest BCUT2D eigenvalue weighted by molar-refractivity contribution is -0.384. The molecular formula is C10H11N3O4. The van der Waals surface area contributed by atoms with Crippen LogP contribution in [0, 0.1) is 17.0 Å². The molecule has 2 amide bonds. The number of primary amides is 1. The third-order valence-corrected chi connectivity index (χ3v) is 2.09. The maximum atomic E-state index is 11.6. The Morgan fingerprint density at radius 2 is 2.12 bits per heavy atom. The molecule has 0 saturated heterocycles. The van der Waals surface area contributed by atoms with E-state index >= 15 is 0 Å². The molecule has 0 aromatic heterocycles. The number of hydrogen-bond acceptors (Lipinski definition) is 4. The van der Waals surface area contributed by atoms with Crippen LogP contribution in [-0.2, 0) is 4.79 Å². The summed E-state index contributed by atoms with van der Waals surface area (Å²) in [4.78, 5) is 32.0. The second-order valence-corrected chi connectivity index (χ2v) is 3.41. The molecular weight excluding hydrogens is 226 g/mol. The van der Waals surface area contributed by atoms with E-state index in [2.05, 4.69) is 5.32 Å². The van der Waals surface area contributed by atoms with Gasteiger partial charge in [0.25, 0.3) is 11.6 Å². The Balaban J connectivity index is 2.88. The zero-order valence-corrected chi connectivity index (χ0v) is 9.10. The largest absolute Gasteiger partial charge is 0.368 e. The average Bonchev–Trinajstić information content (AvgIpc) is 2.25. The Morgan fingerprint density at radius 1 is 1.47 bits per heavy atom. The van der Waals surface area contributed by atoms with Gasteiger partial charge in [-0.15, -0.1) is 0 Å². The molecule has 0 heterocycles. The summed E-state index contributed by atoms with van der Waals surface area (Å²) in [5.41, 5.74) is 5.52. The summed E-state index contributed by atoms with van der Waals surface area (Å²) in [6, 6.07) is 3.86. The molecule has 0 aliphatic rings. The second-order valence-electron chi connectivity index (χ2n) is 3.41. The van der Waals surface area contributed by atoms with Gasteiger partial charge in [0.2, 0.25) is 5.91 Å². The molecule has 0 saturated carbocycles. The monoisotopic (exact) mass is 237 g/mol. The van der Waals surface area contributed by atoms with Crippen molar-refractivity contribution >= 4 is 17.5 Å². The van der Waals surface area contributed by atoms with E-state index in [0.29, 0.717) is 5.56 Å². The summed E-state index contributed by atoms with van der Waals surface area (Å²) < 4.78 is 0. The lowest BCUT2D eigenvalue weighted by atomic mass is 10.1. The van der Waals surface area contributed by atoms with Crippen molar-refractivity contribution in [3.05, 3.63) is 39.4 Å². The van der Waals surface area contributed by atoms with Gasteiger partial charge in [0.1, 0.15) is 0 Å². The minimum absolute atomic E-state index is 0.0889. The highest BCUT2D eigenvalue weighted by atomic mass is 16.6. The normalized spacial score (nSPS) is 9.71. The molecule has 1 rings (SSSR count). The van der Waals surface area contributed by atoms with Crippen molar-refractivity contribution in [2.45, 2.75) is 6.92 Å². The van der Waals surface area contributed by atoms with Crippen molar-refractivity contribution < 1.29 is 14.5 Å². The highest BCUT2D eigenvalue weighted by Crippen LogP contribution is 2.16. The van der Waals surface area contributed by atoms with Crippen molar-refractivity contribution in [2.24, 2.45) is 5.73 Å². The summed E-state index contributed by atoms with van der Waals surface area (Å²) in [5, 5.41) is 12.8. The maximum Gasteiger partial charge on any atom is 0.269 e. The molecule has 0 fully saturated rings. The topological polar surface area (TPSA) is 115 Å². The zero-order chi connectivity index (χ0) is 13.0. The van der Waals surface area contributed by atoms with E-state index in [1.54, 1.807) is 6.92 Å². The Bertz CT molecular complexity index is 484. The summed E-state index contributed by atoms with van der Waals surface area (Å²) in [6.07, 6.45) is 0. The number of benzene rings is 1. The molecule has 1 aromatic carbocycles. The standard InChI is InChI=1S/C10H11N3O4/c1-6-4-7(13(16)17)2-3-8(6)10(15)12-5-9(11)14/h2-4H,5H2,1H3,(H2,11,14)(H,12,15). The molecule has 0 atom stereocenters. The number of non-ortho nitro benzene ring substituents is 1. The fourth-order valence-corrected chi connectivity index (χ4v) is 1.28. The highest BCUT2D eigenvalue weighted by Gasteiger charge is 2.13. The number of nitrogens with two attached hydrogens (primary N) is 1. The van der Waals surface area contributed by atoms with Crippen molar-refractivity contribution in [1.82, 2.24) is 5.32 Å². The quantitative estimate of drug-likeness (QED) is 0.571. The average molecular weight is 237 g/mol. The van der Waals surface area contributed by atoms with Crippen molar-refractivity contribution in [3.8, 4) is 0 Å². The molecule has 0 radical (unpaired) electrons. The number of aryl methyl sites for hydroxylation is 1. The molecule has 17 heavy (non-hydrogen) atoms. The number of nitro groups is 1. The van der Waals surface area contributed by atoms with Crippen LogP contribution in [-0.4, -0.2) is 23.3 Å². The maximum absolute atomic E-state index is 11.6. The van der Waals surface area contributed by atoms with Crippen LogP contribution >= 0.6 is 0 Å². The number of amides is 2. The lowest BCUT2D eigenvalue weighted by Crippen LogP contribution is -2.33. The van der Waals surface area contributed by atoms with E-state index in [9.17, 15) is 19.7 Å². The molecule has 1 aromatic rings. The van der Waals surface area contributed by atoms with E-state index in [-0.39, 0.29) is 17.8 Å². The number of hydrogen-bond donors (Lipinski definition) is 2. The Kier molecular flexibility index (Phi) is 3.76. The summed E-state index contributed by atoms with van der Waals surface area (Å²) in [5.74, 6) is -1.14. The van der Waals surface area contributed by atoms with Crippen LogP contribution in [0.1, 0.15) is 15.9 Å². The smallest absolute Gasteiger partial charge is 0.269 e. The van der Waals surface area contributed by atoms with E-state index in [0.717, 1.165) is 0 Å². The molecule has 3 N–H and O–H groups in total. The van der Waals surface area contributed by atoms with Gasteiger partial charge in [-0.05, 0) is 18.6 Å². The molecule has 0 bridgehead atoms. The summed E-state index contributed by atoms with van der Waals surface area (Å²) in [6.45, 7) is 1.31. The van der Waals surface area contributed by atoms with Gasteiger partial charge in [0.05, 0.1) is 11.5 Å². The predicted molar refractivity (Wildman–Crippen MR) is 59.4 cm³/mol. The minimum atomic E-state index is -0.655. The van der Waals surface area contributed by atoms with E-state index in [4.69, 9.17) is 5.73 Å². The van der Waals surface area contributed by atoms with Crippen LogP contribution in [0.3, 0.4) is 0 Å². The van der Waals surface area contributed by atoms with Crippen LogP contribution < -0.4 is 11.1 Å². The predicted octanol–water partition coefficient (Wildman–Crippen LogP) is 0.118. The van der Waals surface area contributed by atoms with Gasteiger partial charge in [-0.3, -0.25) is 19.7 Å². The van der Waals surface area contributed by atoms with Crippen molar-refractivity contribution in [3.63, 3.8) is 0 Å². The lowest BCUT2D eigenvalue weighted by Gasteiger charge is -2.05. The molecule has 0 aliphatic carbocycles. The van der Waals surface area contributed by atoms with Gasteiger partial charge in [-0.1, -0.05) is 0 Å². The van der Waals surface area contributed by atoms with Gasteiger partial charge in [-0.25, -0.2) is 0 Å². The highest BCUT2D eigenvalue weighted by molar-refractivity contribution is 5.97. The Labute approximate surface area is 96.8 Å². The molecule has 7 heteroatoms. The number of nitrogens with one attached hydrogen (secondary N) is 1. The third-order valence-electron chi connectivity index (χ3n) is 2.09. The number of nitrogens with zero attached hydrogens (tertiary/aromatic N) is 1. The number of carbonyl (C=O) groups excluding carboxylic acids is 2. The number of rotatable bonds is 4. The molecule has 7 nitrogen and oxygen atoms in total. The van der Waals surface area contributed by atoms with Gasteiger partial charge in [0, 0.05) is 17.7 Å². The first-order valence-electron chi connectivity index (χ1n) is 4.73. The van der Waals surface area contributed by atoms with Gasteiger partial charge in [0.15, 0.2) is 0 Å². The fraction of sp³-hybridized carbons (Fsp3) is 0.200. The summed E-state index contributed by atoms with van der Waals surface area (Å²) in [7, 11) is 0. The van der Waals surface area contributed by atoms with Crippen molar-refractivity contribution in [1.29, 1.82) is 0 Å². The molecule has 0 aliphatic heterocycles. The fourth-order valence-electron chi connectivity index (χ4n) is 1.28. The Morgan fingerprint density at radius 3 is 2.59 bits per heavy atom. The van der Waals surface area contributed by atoms with Gasteiger partial charge < -0.3 is 11.1 Å². The van der Waals surface area contributed by atoms with Gasteiger partial charge >= 0.3 is 0 Å². The van der Waals surface area contributed by atoms with Crippen LogP contribution in [0.5, 0.6) is 0 Å². The first-order valence-corrected chi connectivity index (χ1v) is 4.73. The van der Waals surface area contributed by atoms with E-state index in [1.807, 2.05) is 0 Å². The molecule has 90 valence electrons.